The first-order valence-electron chi connectivity index (χ1n) is 9.54. The van der Waals surface area contributed by atoms with Gasteiger partial charge in [-0.05, 0) is 50.3 Å². The van der Waals surface area contributed by atoms with Gasteiger partial charge in [-0.1, -0.05) is 43.2 Å². The molecular formula is C20H28N2O2. The Hall–Kier alpha value is -1.55. The second-order valence-corrected chi connectivity index (χ2v) is 7.63. The summed E-state index contributed by atoms with van der Waals surface area (Å²) in [7, 11) is 0. The lowest BCUT2D eigenvalue weighted by molar-refractivity contribution is -0.0343. The Kier molecular flexibility index (Phi) is 4.74. The van der Waals surface area contributed by atoms with Gasteiger partial charge in [0.1, 0.15) is 6.10 Å². The van der Waals surface area contributed by atoms with Gasteiger partial charge in [0.15, 0.2) is 0 Å². The molecule has 4 fully saturated rings. The lowest BCUT2D eigenvalue weighted by atomic mass is 9.80. The van der Waals surface area contributed by atoms with Gasteiger partial charge in [0, 0.05) is 18.5 Å². The van der Waals surface area contributed by atoms with Crippen molar-refractivity contribution in [1.82, 2.24) is 10.2 Å². The summed E-state index contributed by atoms with van der Waals surface area (Å²) in [6.07, 6.45) is 6.86. The predicted octanol–water partition coefficient (Wildman–Crippen LogP) is 3.53. The molecule has 130 valence electrons. The lowest BCUT2D eigenvalue weighted by Gasteiger charge is -2.44. The van der Waals surface area contributed by atoms with Gasteiger partial charge in [-0.2, -0.15) is 0 Å². The molecule has 1 aliphatic carbocycles. The summed E-state index contributed by atoms with van der Waals surface area (Å²) >= 11 is 0. The second-order valence-electron chi connectivity index (χ2n) is 7.63. The van der Waals surface area contributed by atoms with Crippen LogP contribution in [0.2, 0.25) is 0 Å². The van der Waals surface area contributed by atoms with Crippen LogP contribution in [0.4, 0.5) is 4.79 Å². The zero-order chi connectivity index (χ0) is 16.4. The van der Waals surface area contributed by atoms with Crippen LogP contribution in [0.5, 0.6) is 0 Å². The molecule has 1 aromatic rings. The quantitative estimate of drug-likeness (QED) is 0.923. The number of carbonyl (C=O) groups excluding carboxylic acids is 1. The van der Waals surface area contributed by atoms with E-state index in [9.17, 15) is 4.79 Å². The van der Waals surface area contributed by atoms with E-state index in [4.69, 9.17) is 4.74 Å². The lowest BCUT2D eigenvalue weighted by Crippen LogP contribution is -2.53. The van der Waals surface area contributed by atoms with Crippen molar-refractivity contribution in [3.63, 3.8) is 0 Å². The minimum atomic E-state index is -0.207. The number of alkyl carbamates (subject to hydrolysis) is 1. The highest BCUT2D eigenvalue weighted by Gasteiger charge is 2.37. The number of fused-ring (bicyclic) bond motifs is 3. The maximum Gasteiger partial charge on any atom is 0.407 e. The van der Waals surface area contributed by atoms with Gasteiger partial charge in [0.05, 0.1) is 0 Å². The first-order valence-corrected chi connectivity index (χ1v) is 9.54. The van der Waals surface area contributed by atoms with Crippen molar-refractivity contribution in [2.24, 2.45) is 5.92 Å². The first-order chi connectivity index (χ1) is 11.8. The zero-order valence-corrected chi connectivity index (χ0v) is 14.3. The Bertz CT molecular complexity index is 554. The maximum atomic E-state index is 12.5. The number of amides is 1. The molecule has 0 aromatic heterocycles. The van der Waals surface area contributed by atoms with Crippen molar-refractivity contribution in [2.75, 3.05) is 19.6 Å². The number of nitrogens with zero attached hydrogens (tertiary/aromatic N) is 1. The van der Waals surface area contributed by atoms with Crippen LogP contribution < -0.4 is 5.32 Å². The van der Waals surface area contributed by atoms with Crippen LogP contribution in [-0.4, -0.2) is 42.8 Å². The topological polar surface area (TPSA) is 41.6 Å². The molecule has 1 aromatic carbocycles. The highest BCUT2D eigenvalue weighted by atomic mass is 16.6. The Balaban J connectivity index is 1.37. The SMILES string of the molecule is O=C(N[C@@H]1CCCC[C@H]1c1ccccc1)O[C@H]1CN2CCC1CC2. The number of nitrogens with one attached hydrogen (secondary N) is 1. The van der Waals surface area contributed by atoms with Gasteiger partial charge in [0.25, 0.3) is 0 Å². The van der Waals surface area contributed by atoms with Gasteiger partial charge in [-0.3, -0.25) is 4.90 Å². The van der Waals surface area contributed by atoms with Crippen LogP contribution in [0.15, 0.2) is 30.3 Å². The minimum absolute atomic E-state index is 0.0891. The summed E-state index contributed by atoms with van der Waals surface area (Å²) in [5.74, 6) is 0.982. The minimum Gasteiger partial charge on any atom is -0.445 e. The molecule has 0 unspecified atom stereocenters. The number of hydrogen-bond acceptors (Lipinski definition) is 3. The standard InChI is InChI=1S/C20H28N2O2/c23-20(24-19-14-22-12-10-16(19)11-13-22)21-18-9-5-4-8-17(18)15-6-2-1-3-7-15/h1-3,6-7,16-19H,4-5,8-14H2,(H,21,23)/t17-,18+,19-/m0/s1. The normalized spacial score (nSPS) is 35.4. The van der Waals surface area contributed by atoms with E-state index >= 15 is 0 Å². The third-order valence-electron chi connectivity index (χ3n) is 6.15. The molecular weight excluding hydrogens is 300 g/mol. The van der Waals surface area contributed by atoms with Gasteiger partial charge in [-0.15, -0.1) is 0 Å². The average molecular weight is 328 g/mol. The number of carbonyl (C=O) groups is 1. The van der Waals surface area contributed by atoms with Crippen LogP contribution in [0.25, 0.3) is 0 Å². The number of ether oxygens (including phenoxy) is 1. The summed E-state index contributed by atoms with van der Waals surface area (Å²) < 4.78 is 5.82. The summed E-state index contributed by atoms with van der Waals surface area (Å²) in [5, 5.41) is 3.19. The van der Waals surface area contributed by atoms with Crippen molar-refractivity contribution < 1.29 is 9.53 Å². The van der Waals surface area contributed by atoms with Gasteiger partial charge in [-0.25, -0.2) is 4.79 Å². The van der Waals surface area contributed by atoms with Crippen LogP contribution in [0.1, 0.15) is 50.0 Å². The molecule has 1 N–H and O–H groups in total. The molecule has 1 amide bonds. The molecule has 0 spiro atoms. The van der Waals surface area contributed by atoms with Crippen molar-refractivity contribution in [3.05, 3.63) is 35.9 Å². The van der Waals surface area contributed by atoms with Crippen LogP contribution in [0.3, 0.4) is 0 Å². The highest BCUT2D eigenvalue weighted by molar-refractivity contribution is 5.68. The molecule has 0 radical (unpaired) electrons. The Morgan fingerprint density at radius 3 is 2.50 bits per heavy atom. The van der Waals surface area contributed by atoms with E-state index in [1.54, 1.807) is 0 Å². The fraction of sp³-hybridized carbons (Fsp3) is 0.650. The van der Waals surface area contributed by atoms with E-state index in [2.05, 4.69) is 40.5 Å². The van der Waals surface area contributed by atoms with Crippen molar-refractivity contribution >= 4 is 6.09 Å². The van der Waals surface area contributed by atoms with Crippen LogP contribution >= 0.6 is 0 Å². The fourth-order valence-electron chi connectivity index (χ4n) is 4.77. The second kappa shape index (κ2) is 7.14. The third kappa shape index (κ3) is 3.44. The van der Waals surface area contributed by atoms with E-state index < -0.39 is 0 Å². The monoisotopic (exact) mass is 328 g/mol. The number of benzene rings is 1. The zero-order valence-electron chi connectivity index (χ0n) is 14.3. The Morgan fingerprint density at radius 2 is 1.79 bits per heavy atom. The summed E-state index contributed by atoms with van der Waals surface area (Å²) in [5.41, 5.74) is 1.34. The smallest absolute Gasteiger partial charge is 0.407 e. The molecule has 4 aliphatic rings. The highest BCUT2D eigenvalue weighted by Crippen LogP contribution is 2.33. The molecule has 3 saturated heterocycles. The molecule has 1 saturated carbocycles. The van der Waals surface area contributed by atoms with Crippen molar-refractivity contribution in [1.29, 1.82) is 0 Å². The summed E-state index contributed by atoms with van der Waals surface area (Å²) in [4.78, 5) is 14.9. The van der Waals surface area contributed by atoms with Gasteiger partial charge >= 0.3 is 6.09 Å². The molecule has 3 aliphatic heterocycles. The molecule has 5 rings (SSSR count). The number of hydrogen-bond donors (Lipinski definition) is 1. The molecule has 4 heteroatoms. The summed E-state index contributed by atoms with van der Waals surface area (Å²) in [6, 6.07) is 10.8. The fourth-order valence-corrected chi connectivity index (χ4v) is 4.77. The molecule has 3 heterocycles. The van der Waals surface area contributed by atoms with Gasteiger partial charge in [0.2, 0.25) is 0 Å². The summed E-state index contributed by atoms with van der Waals surface area (Å²) in [6.45, 7) is 3.26. The molecule has 24 heavy (non-hydrogen) atoms. The number of piperidine rings is 3. The van der Waals surface area contributed by atoms with E-state index in [1.807, 2.05) is 0 Å². The maximum absolute atomic E-state index is 12.5. The third-order valence-corrected chi connectivity index (χ3v) is 6.15. The van der Waals surface area contributed by atoms with E-state index in [0.717, 1.165) is 19.4 Å². The molecule has 3 atom stereocenters. The predicted molar refractivity (Wildman–Crippen MR) is 94.0 cm³/mol. The Labute approximate surface area is 144 Å². The molecule has 4 nitrogen and oxygen atoms in total. The van der Waals surface area contributed by atoms with Crippen molar-refractivity contribution in [3.8, 4) is 0 Å². The largest absolute Gasteiger partial charge is 0.445 e. The van der Waals surface area contributed by atoms with E-state index in [0.29, 0.717) is 11.8 Å². The van der Waals surface area contributed by atoms with Crippen molar-refractivity contribution in [2.45, 2.75) is 56.6 Å². The average Bonchev–Trinajstić information content (AvgIpc) is 2.64. The van der Waals surface area contributed by atoms with E-state index in [1.165, 1.54) is 44.3 Å². The van der Waals surface area contributed by atoms with Gasteiger partial charge < -0.3 is 10.1 Å². The molecule has 2 bridgehead atoms. The van der Waals surface area contributed by atoms with Crippen LogP contribution in [-0.2, 0) is 4.74 Å². The van der Waals surface area contributed by atoms with E-state index in [-0.39, 0.29) is 18.2 Å². The van der Waals surface area contributed by atoms with Crippen LogP contribution in [0, 0.1) is 5.92 Å². The Morgan fingerprint density at radius 1 is 1.04 bits per heavy atom. The number of rotatable bonds is 3. The first kappa shape index (κ1) is 15.9.